The molecule has 0 heterocycles. The summed E-state index contributed by atoms with van der Waals surface area (Å²) in [4.78, 5) is 90.7. The van der Waals surface area contributed by atoms with Crippen LogP contribution in [-0.2, 0) is 94.5 Å². The van der Waals surface area contributed by atoms with Crippen LogP contribution in [-0.4, -0.2) is 105 Å². The van der Waals surface area contributed by atoms with E-state index >= 15 is 0 Å². The van der Waals surface area contributed by atoms with Crippen LogP contribution in [0.15, 0.2) is 218 Å². The molecule has 0 bridgehead atoms. The van der Waals surface area contributed by atoms with Crippen LogP contribution in [0.5, 0.6) is 0 Å². The van der Waals surface area contributed by atoms with E-state index in [0.717, 1.165) is 96.2 Å². The topological polar surface area (TPSA) is 210 Å². The molecule has 16 heteroatoms. The molecule has 11 rings (SSSR count). The zero-order valence-corrected chi connectivity index (χ0v) is 64.5. The van der Waals surface area contributed by atoms with Gasteiger partial charge in [-0.05, 0) is 134 Å². The van der Waals surface area contributed by atoms with E-state index in [1.807, 2.05) is 219 Å². The van der Waals surface area contributed by atoms with Crippen molar-refractivity contribution in [2.75, 3.05) is 56.9 Å². The first kappa shape index (κ1) is 88.4. The Morgan fingerprint density at radius 3 is 1.18 bits per heavy atom. The van der Waals surface area contributed by atoms with Gasteiger partial charge in [-0.3, -0.25) is 38.4 Å². The number of carbonyl (C=O) groups is 8. The van der Waals surface area contributed by atoms with Crippen molar-refractivity contribution in [3.05, 3.63) is 263 Å². The molecule has 0 radical (unpaired) electrons. The Balaban J connectivity index is 0.000000261. The maximum absolute atomic E-state index is 13.0. The third kappa shape index (κ3) is 30.6. The largest absolute Gasteiger partial charge is 0.469 e. The number of benzene rings is 7. The van der Waals surface area contributed by atoms with E-state index in [1.165, 1.54) is 107 Å². The molecule has 106 heavy (non-hydrogen) atoms. The molecule has 3 saturated carbocycles. The Bertz CT molecular complexity index is 3520. The third-order valence-electron chi connectivity index (χ3n) is 19.4. The molecule has 3 fully saturated rings. The van der Waals surface area contributed by atoms with E-state index in [9.17, 15) is 38.4 Å². The van der Waals surface area contributed by atoms with Gasteiger partial charge in [0.15, 0.2) is 0 Å². The van der Waals surface area contributed by atoms with Gasteiger partial charge in [-0.15, -0.1) is 0 Å². The fraction of sp³-hybridized carbons (Fsp3) is 0.422. The molecule has 0 spiro atoms. The van der Waals surface area contributed by atoms with Crippen molar-refractivity contribution < 1.29 is 76.3 Å². The minimum absolute atomic E-state index is 0.0165. The van der Waals surface area contributed by atoms with E-state index in [-0.39, 0.29) is 77.3 Å². The second kappa shape index (κ2) is 50.5. The van der Waals surface area contributed by atoms with Crippen LogP contribution in [0.1, 0.15) is 168 Å². The first-order chi connectivity index (χ1) is 51.2. The highest BCUT2D eigenvalue weighted by atomic mass is 16.5. The molecule has 5 unspecified atom stereocenters. The molecule has 570 valence electrons. The normalized spacial score (nSPS) is 18.1. The highest BCUT2D eigenvalue weighted by Crippen LogP contribution is 2.41. The summed E-state index contributed by atoms with van der Waals surface area (Å²) in [6.45, 7) is 8.60. The van der Waals surface area contributed by atoms with Gasteiger partial charge in [0.1, 0.15) is 11.3 Å². The molecule has 0 aliphatic heterocycles. The van der Waals surface area contributed by atoms with Gasteiger partial charge in [0, 0.05) is 0 Å². The highest BCUT2D eigenvalue weighted by molar-refractivity contribution is 5.92. The molecule has 0 saturated heterocycles. The van der Waals surface area contributed by atoms with Gasteiger partial charge in [0.2, 0.25) is 0 Å². The van der Waals surface area contributed by atoms with Gasteiger partial charge in [-0.1, -0.05) is 270 Å². The van der Waals surface area contributed by atoms with Gasteiger partial charge in [0.25, 0.3) is 0 Å². The van der Waals surface area contributed by atoms with Crippen molar-refractivity contribution in [2.24, 2.45) is 41.4 Å². The second-order valence-electron chi connectivity index (χ2n) is 27.0. The lowest BCUT2D eigenvalue weighted by Crippen LogP contribution is -2.39. The van der Waals surface area contributed by atoms with Crippen LogP contribution in [0.25, 0.3) is 0 Å². The fourth-order valence-electron chi connectivity index (χ4n) is 13.2. The Labute approximate surface area is 630 Å². The Morgan fingerprint density at radius 1 is 0.368 bits per heavy atom. The predicted octanol–water partition coefficient (Wildman–Crippen LogP) is 17.8. The van der Waals surface area contributed by atoms with E-state index in [2.05, 4.69) is 45.8 Å². The Hall–Kier alpha value is -9.96. The van der Waals surface area contributed by atoms with Gasteiger partial charge >= 0.3 is 47.8 Å². The average molecular weight is 1450 g/mol. The van der Waals surface area contributed by atoms with Crippen molar-refractivity contribution in [1.82, 2.24) is 0 Å². The van der Waals surface area contributed by atoms with Crippen LogP contribution < -0.4 is 0 Å². The van der Waals surface area contributed by atoms with Gasteiger partial charge in [0.05, 0.1) is 93.4 Å². The second-order valence-corrected chi connectivity index (χ2v) is 27.0. The summed E-state index contributed by atoms with van der Waals surface area (Å²) in [6, 6.07) is 66.0. The van der Waals surface area contributed by atoms with Gasteiger partial charge in [-0.25, -0.2) is 0 Å². The van der Waals surface area contributed by atoms with E-state index in [0.29, 0.717) is 24.7 Å². The minimum Gasteiger partial charge on any atom is -0.469 e. The summed E-state index contributed by atoms with van der Waals surface area (Å²) in [7, 11) is 11.5. The van der Waals surface area contributed by atoms with E-state index < -0.39 is 5.41 Å². The molecule has 0 amide bonds. The molecule has 4 aliphatic carbocycles. The molecular weight excluding hydrogens is 1340 g/mol. The number of hydrogen-bond acceptors (Lipinski definition) is 16. The lowest BCUT2D eigenvalue weighted by atomic mass is 9.69. The summed E-state index contributed by atoms with van der Waals surface area (Å²) < 4.78 is 37.9. The maximum atomic E-state index is 13.0. The van der Waals surface area contributed by atoms with Crippen LogP contribution >= 0.6 is 0 Å². The minimum atomic E-state index is -0.974. The molecule has 7 aromatic rings. The van der Waals surface area contributed by atoms with Crippen molar-refractivity contribution in [1.29, 1.82) is 0 Å². The summed E-state index contributed by atoms with van der Waals surface area (Å²) in [6.07, 6.45) is 21.2. The lowest BCUT2D eigenvalue weighted by Gasteiger charge is -2.32. The van der Waals surface area contributed by atoms with Crippen LogP contribution in [0, 0.1) is 48.3 Å². The van der Waals surface area contributed by atoms with Gasteiger partial charge < -0.3 is 37.9 Å². The van der Waals surface area contributed by atoms with E-state index in [1.54, 1.807) is 0 Å². The van der Waals surface area contributed by atoms with Crippen molar-refractivity contribution in [3.8, 4) is 0 Å². The molecule has 0 aromatic heterocycles. The lowest BCUT2D eigenvalue weighted by molar-refractivity contribution is -0.149. The summed E-state index contributed by atoms with van der Waals surface area (Å²) in [5.41, 5.74) is 6.78. The first-order valence-electron chi connectivity index (χ1n) is 36.9. The Morgan fingerprint density at radius 2 is 0.783 bits per heavy atom. The fourth-order valence-corrected chi connectivity index (χ4v) is 13.2. The number of allylic oxidation sites excluding steroid dienone is 2. The Kier molecular flexibility index (Phi) is 42.1. The third-order valence-corrected chi connectivity index (χ3v) is 19.4. The number of ether oxygens (including phenoxy) is 8. The highest BCUT2D eigenvalue weighted by Gasteiger charge is 2.45. The van der Waals surface area contributed by atoms with Crippen LogP contribution in [0.2, 0.25) is 0 Å². The van der Waals surface area contributed by atoms with Crippen LogP contribution in [0.4, 0.5) is 0 Å². The molecule has 0 N–H and O–H groups in total. The number of carbonyl (C=O) groups excluding carboxylic acids is 8. The van der Waals surface area contributed by atoms with Crippen LogP contribution in [0.3, 0.4) is 0 Å². The molecule has 5 atom stereocenters. The number of esters is 8. The molecule has 4 aliphatic rings. The van der Waals surface area contributed by atoms with Gasteiger partial charge in [-0.2, -0.15) is 0 Å². The number of rotatable bonds is 15. The monoisotopic (exact) mass is 1450 g/mol. The predicted molar refractivity (Wildman–Crippen MR) is 415 cm³/mol. The van der Waals surface area contributed by atoms with E-state index in [4.69, 9.17) is 18.9 Å². The summed E-state index contributed by atoms with van der Waals surface area (Å²) in [5.74, 6) is 1.32. The first-order valence-corrected chi connectivity index (χ1v) is 36.9. The number of methoxy groups -OCH3 is 8. The SMILES string of the molecule is COC(=O)C(c1ccccc1)(c1ccccc1)c1ccccc1.COC(=O)C(c1ccccc1)c1ccccc1.COC(=O)C1CC=CCC1.COC(=O)C1CCC(C)CC1.COC(=O)C1CCCC(C)C1.COC(=O)C1CCCCC1C.COC(=O)Cc1ccc(C)cc1.COC(=O)Cc1ccccc1. The zero-order valence-electron chi connectivity index (χ0n) is 64.5. The summed E-state index contributed by atoms with van der Waals surface area (Å²) in [5, 5.41) is 0. The molecule has 7 aromatic carbocycles. The standard InChI is InChI=1S/C21H18O2.C15H14O2.C10H12O2.3C9H16O2.C9H10O2.C8H12O2/c1-23-20(22)21(17-11-5-2-6-12-17,18-13-7-3-8-14-18)19-15-9-4-10-16-19;1-17-15(16)14(12-8-4-2-5-9-12)13-10-6-3-7-11-13;1-8-3-5-9(6-4-8)7-10(11)12-2;1-7-3-5-8(6-4-7)9(10)11-2;1-7-4-3-5-8(6-7)9(10)11-2;1-7-5-3-4-6-8(7)9(10)11-2;1-11-9(10)7-8-5-3-2-4-6-8;1-10-8(9)7-5-3-2-4-6-7/h2-16H,1H3;2-11,14H,1H3;3-6H,7H2,1-2H3;3*7-8H,3-6H2,1-2H3;2-6H,7H2,1H3;2-3,7H,4-6H2,1H3. The quantitative estimate of drug-likeness (QED) is 0.0404. The average Bonchev–Trinajstić information content (AvgIpc) is 0.745. The summed E-state index contributed by atoms with van der Waals surface area (Å²) >= 11 is 0. The maximum Gasteiger partial charge on any atom is 0.325 e. The molecule has 16 nitrogen and oxygen atoms in total. The zero-order chi connectivity index (χ0) is 77.5. The number of aryl methyl sites for hydroxylation is 1. The number of hydrogen-bond donors (Lipinski definition) is 0. The van der Waals surface area contributed by atoms with Crippen molar-refractivity contribution >= 4 is 47.8 Å². The van der Waals surface area contributed by atoms with Crippen molar-refractivity contribution in [2.45, 2.75) is 148 Å². The van der Waals surface area contributed by atoms with Crippen molar-refractivity contribution in [3.63, 3.8) is 0 Å². The smallest absolute Gasteiger partial charge is 0.325 e. The molecular formula is C90H114O16.